The molecule has 2 aromatic heterocycles. The zero-order valence-corrected chi connectivity index (χ0v) is 12.5. The molecule has 0 saturated heterocycles. The van der Waals surface area contributed by atoms with E-state index in [1.54, 1.807) is 13.2 Å². The van der Waals surface area contributed by atoms with Crippen LogP contribution in [-0.2, 0) is 6.42 Å². The van der Waals surface area contributed by atoms with E-state index >= 15 is 0 Å². The first kappa shape index (κ1) is 13.8. The summed E-state index contributed by atoms with van der Waals surface area (Å²) in [6, 6.07) is 8.93. The highest BCUT2D eigenvalue weighted by atomic mass is 16.6. The Morgan fingerprint density at radius 1 is 1.39 bits per heavy atom. The van der Waals surface area contributed by atoms with Gasteiger partial charge in [-0.2, -0.15) is 0 Å². The van der Waals surface area contributed by atoms with Gasteiger partial charge in [-0.05, 0) is 29.8 Å². The SMILES string of the molecule is COc1ccc2[nH]c3c(c2c1)CC[NH2+][C@H]3c1ccc([N+](=O)[O-])o1. The Kier molecular flexibility index (Phi) is 3.09. The Bertz CT molecular complexity index is 896. The third-order valence-electron chi connectivity index (χ3n) is 4.35. The van der Waals surface area contributed by atoms with E-state index in [1.807, 2.05) is 18.2 Å². The number of nitrogens with two attached hydrogens (primary N) is 1. The molecule has 23 heavy (non-hydrogen) atoms. The summed E-state index contributed by atoms with van der Waals surface area (Å²) >= 11 is 0. The van der Waals surface area contributed by atoms with Gasteiger partial charge in [0.05, 0.1) is 25.4 Å². The first-order chi connectivity index (χ1) is 11.2. The molecule has 118 valence electrons. The third-order valence-corrected chi connectivity index (χ3v) is 4.35. The van der Waals surface area contributed by atoms with Gasteiger partial charge in [0.1, 0.15) is 10.7 Å². The Morgan fingerprint density at radius 2 is 2.26 bits per heavy atom. The van der Waals surface area contributed by atoms with Crippen molar-refractivity contribution in [3.63, 3.8) is 0 Å². The molecule has 1 atom stereocenters. The number of aromatic nitrogens is 1. The van der Waals surface area contributed by atoms with Gasteiger partial charge >= 0.3 is 5.88 Å². The highest BCUT2D eigenvalue weighted by molar-refractivity contribution is 5.86. The van der Waals surface area contributed by atoms with Crippen LogP contribution in [0.3, 0.4) is 0 Å². The number of nitrogens with one attached hydrogen (secondary N) is 1. The van der Waals surface area contributed by atoms with Crippen LogP contribution in [0.25, 0.3) is 10.9 Å². The van der Waals surface area contributed by atoms with Gasteiger partial charge < -0.3 is 19.5 Å². The molecule has 0 bridgehead atoms. The molecule has 3 aromatic rings. The predicted octanol–water partition coefficient (Wildman–Crippen LogP) is 1.89. The zero-order chi connectivity index (χ0) is 16.0. The fourth-order valence-electron chi connectivity index (χ4n) is 3.29. The minimum absolute atomic E-state index is 0.0918. The average molecular weight is 314 g/mol. The quantitative estimate of drug-likeness (QED) is 0.569. The van der Waals surface area contributed by atoms with Gasteiger partial charge in [-0.25, -0.2) is 0 Å². The van der Waals surface area contributed by atoms with Gasteiger partial charge in [0.2, 0.25) is 0 Å². The van der Waals surface area contributed by atoms with Gasteiger partial charge in [0, 0.05) is 17.3 Å². The van der Waals surface area contributed by atoms with Crippen LogP contribution in [0.2, 0.25) is 0 Å². The van der Waals surface area contributed by atoms with E-state index in [4.69, 9.17) is 9.15 Å². The van der Waals surface area contributed by atoms with Crippen LogP contribution in [0, 0.1) is 10.1 Å². The van der Waals surface area contributed by atoms with Crippen LogP contribution in [0.15, 0.2) is 34.7 Å². The summed E-state index contributed by atoms with van der Waals surface area (Å²) in [7, 11) is 1.65. The van der Waals surface area contributed by atoms with Crippen LogP contribution in [0.5, 0.6) is 5.75 Å². The van der Waals surface area contributed by atoms with Gasteiger partial charge in [-0.3, -0.25) is 10.1 Å². The minimum atomic E-state index is -0.511. The number of nitrogens with zero attached hydrogens (tertiary/aromatic N) is 1. The van der Waals surface area contributed by atoms with E-state index in [-0.39, 0.29) is 11.9 Å². The lowest BCUT2D eigenvalue weighted by Gasteiger charge is -2.19. The monoisotopic (exact) mass is 314 g/mol. The van der Waals surface area contributed by atoms with Gasteiger partial charge in [0.15, 0.2) is 11.8 Å². The van der Waals surface area contributed by atoms with Crippen molar-refractivity contribution < 1.29 is 19.4 Å². The number of rotatable bonds is 3. The normalized spacial score (nSPS) is 17.2. The minimum Gasteiger partial charge on any atom is -0.497 e. The number of nitro groups is 1. The van der Waals surface area contributed by atoms with E-state index in [9.17, 15) is 10.1 Å². The largest absolute Gasteiger partial charge is 0.497 e. The summed E-state index contributed by atoms with van der Waals surface area (Å²) in [6.07, 6.45) is 0.932. The molecule has 1 aliphatic rings. The van der Waals surface area contributed by atoms with Crippen LogP contribution in [-0.4, -0.2) is 23.6 Å². The Balaban J connectivity index is 1.82. The molecule has 0 fully saturated rings. The summed E-state index contributed by atoms with van der Waals surface area (Å²) in [5, 5.41) is 14.1. The van der Waals surface area contributed by atoms with Crippen molar-refractivity contribution in [2.24, 2.45) is 0 Å². The second kappa shape index (κ2) is 5.13. The molecule has 0 radical (unpaired) electrons. The fourth-order valence-corrected chi connectivity index (χ4v) is 3.29. The molecular weight excluding hydrogens is 298 g/mol. The van der Waals surface area contributed by atoms with Crippen molar-refractivity contribution in [1.82, 2.24) is 4.98 Å². The van der Waals surface area contributed by atoms with Crippen LogP contribution in [0.1, 0.15) is 23.1 Å². The lowest BCUT2D eigenvalue weighted by Crippen LogP contribution is -2.87. The number of fused-ring (bicyclic) bond motifs is 3. The highest BCUT2D eigenvalue weighted by Gasteiger charge is 2.32. The van der Waals surface area contributed by atoms with E-state index < -0.39 is 4.92 Å². The number of hydrogen-bond donors (Lipinski definition) is 2. The second-order valence-corrected chi connectivity index (χ2v) is 5.61. The first-order valence-electron chi connectivity index (χ1n) is 7.43. The smallest absolute Gasteiger partial charge is 0.433 e. The first-order valence-corrected chi connectivity index (χ1v) is 7.43. The van der Waals surface area contributed by atoms with Crippen LogP contribution < -0.4 is 10.1 Å². The van der Waals surface area contributed by atoms with Gasteiger partial charge in [-0.1, -0.05) is 0 Å². The maximum Gasteiger partial charge on any atom is 0.433 e. The molecule has 0 saturated carbocycles. The van der Waals surface area contributed by atoms with Crippen LogP contribution in [0.4, 0.5) is 5.88 Å². The van der Waals surface area contributed by atoms with Crippen molar-refractivity contribution in [2.45, 2.75) is 12.5 Å². The molecule has 0 spiro atoms. The standard InChI is InChI=1S/C16H15N3O4/c1-22-9-2-3-12-11(8-9)10-6-7-17-16(15(10)18-12)13-4-5-14(23-13)19(20)21/h2-5,8,16-18H,6-7H2,1H3/p+1/t16-/m0/s1. The van der Waals surface area contributed by atoms with Gasteiger partial charge in [-0.15, -0.1) is 0 Å². The molecule has 7 heteroatoms. The summed E-state index contributed by atoms with van der Waals surface area (Å²) in [4.78, 5) is 13.8. The molecule has 1 aliphatic heterocycles. The molecular formula is C16H16N3O4+. The number of hydrogen-bond acceptors (Lipinski definition) is 4. The molecule has 3 heterocycles. The van der Waals surface area contributed by atoms with E-state index in [0.29, 0.717) is 5.76 Å². The average Bonchev–Trinajstić information content (AvgIpc) is 3.18. The van der Waals surface area contributed by atoms with E-state index in [2.05, 4.69) is 10.3 Å². The Morgan fingerprint density at radius 3 is 3.00 bits per heavy atom. The summed E-state index contributed by atoms with van der Waals surface area (Å²) in [5.74, 6) is 1.19. The Hall–Kier alpha value is -2.80. The third kappa shape index (κ3) is 2.17. The fraction of sp³-hybridized carbons (Fsp3) is 0.250. The van der Waals surface area contributed by atoms with Crippen molar-refractivity contribution in [3.8, 4) is 5.75 Å². The number of ether oxygens (including phenoxy) is 1. The lowest BCUT2D eigenvalue weighted by molar-refractivity contribution is -0.692. The molecule has 0 unspecified atom stereocenters. The zero-order valence-electron chi connectivity index (χ0n) is 12.5. The molecule has 1 aromatic carbocycles. The number of methoxy groups -OCH3 is 1. The van der Waals surface area contributed by atoms with E-state index in [0.717, 1.165) is 35.3 Å². The topological polar surface area (TPSA) is 97.9 Å². The highest BCUT2D eigenvalue weighted by Crippen LogP contribution is 2.33. The molecule has 4 rings (SSSR count). The number of quaternary nitrogens is 1. The molecule has 0 aliphatic carbocycles. The van der Waals surface area contributed by atoms with Crippen molar-refractivity contribution in [1.29, 1.82) is 0 Å². The number of H-pyrrole nitrogens is 1. The molecule has 3 N–H and O–H groups in total. The van der Waals surface area contributed by atoms with Crippen molar-refractivity contribution in [2.75, 3.05) is 13.7 Å². The van der Waals surface area contributed by atoms with Gasteiger partial charge in [0.25, 0.3) is 0 Å². The summed E-state index contributed by atoms with van der Waals surface area (Å²) in [5.41, 5.74) is 3.31. The number of benzene rings is 1. The number of furan rings is 1. The predicted molar refractivity (Wildman–Crippen MR) is 82.6 cm³/mol. The van der Waals surface area contributed by atoms with Crippen LogP contribution >= 0.6 is 0 Å². The lowest BCUT2D eigenvalue weighted by atomic mass is 9.98. The molecule has 7 nitrogen and oxygen atoms in total. The molecule has 0 amide bonds. The second-order valence-electron chi connectivity index (χ2n) is 5.61. The number of aromatic amines is 1. The summed E-state index contributed by atoms with van der Waals surface area (Å²) in [6.45, 7) is 0.899. The maximum atomic E-state index is 10.8. The Labute approximate surface area is 131 Å². The van der Waals surface area contributed by atoms with Crippen molar-refractivity contribution in [3.05, 3.63) is 57.5 Å². The van der Waals surface area contributed by atoms with Crippen molar-refractivity contribution >= 4 is 16.8 Å². The summed E-state index contributed by atoms with van der Waals surface area (Å²) < 4.78 is 10.7. The van der Waals surface area contributed by atoms with E-state index in [1.165, 1.54) is 11.6 Å². The maximum absolute atomic E-state index is 10.8.